The number of hydrogen-bond donors (Lipinski definition) is 1. The van der Waals surface area contributed by atoms with Crippen LogP contribution in [0.5, 0.6) is 0 Å². The number of allylic oxidation sites excluding steroid dienone is 1. The molecular weight excluding hydrogens is 388 g/mol. The van der Waals surface area contributed by atoms with Gasteiger partial charge in [-0.1, -0.05) is 12.1 Å². The smallest absolute Gasteiger partial charge is 0.355 e. The predicted octanol–water partition coefficient (Wildman–Crippen LogP) is 4.87. The van der Waals surface area contributed by atoms with E-state index in [1.54, 1.807) is 45.0 Å². The highest BCUT2D eigenvalue weighted by atomic mass is 16.6. The number of carbonyl (C=O) groups is 2. The number of ether oxygens (including phenoxy) is 1. The highest BCUT2D eigenvalue weighted by molar-refractivity contribution is 6.10. The molecule has 0 amide bonds. The highest BCUT2D eigenvalue weighted by Gasteiger charge is 2.21. The van der Waals surface area contributed by atoms with Crippen molar-refractivity contribution in [3.8, 4) is 11.3 Å². The maximum Gasteiger partial charge on any atom is 0.355 e. The Bertz CT molecular complexity index is 1150. The van der Waals surface area contributed by atoms with Crippen LogP contribution >= 0.6 is 0 Å². The molecule has 0 aliphatic rings. The van der Waals surface area contributed by atoms with Crippen LogP contribution < -0.4 is 0 Å². The van der Waals surface area contributed by atoms with E-state index in [-0.39, 0.29) is 23.8 Å². The van der Waals surface area contributed by atoms with E-state index in [9.17, 15) is 19.7 Å². The zero-order valence-electron chi connectivity index (χ0n) is 16.7. The first-order chi connectivity index (χ1) is 14.3. The molecule has 8 nitrogen and oxygen atoms in total. The molecule has 0 saturated carbocycles. The van der Waals surface area contributed by atoms with Crippen molar-refractivity contribution < 1.29 is 23.7 Å². The van der Waals surface area contributed by atoms with Crippen LogP contribution in [0, 0.1) is 24.0 Å². The summed E-state index contributed by atoms with van der Waals surface area (Å²) in [5.74, 6) is 0.0737. The maximum absolute atomic E-state index is 12.7. The second-order valence-electron chi connectivity index (χ2n) is 6.55. The zero-order chi connectivity index (χ0) is 21.8. The molecule has 2 heterocycles. The Morgan fingerprint density at radius 3 is 2.70 bits per heavy atom. The van der Waals surface area contributed by atoms with Crippen molar-refractivity contribution >= 4 is 23.5 Å². The van der Waals surface area contributed by atoms with Crippen LogP contribution in [0.4, 0.5) is 5.69 Å². The van der Waals surface area contributed by atoms with E-state index in [4.69, 9.17) is 9.15 Å². The number of nitro benzene ring substituents is 1. The number of furan rings is 1. The standard InChI is InChI=1S/C22H20N2O6/c1-4-29-22(26)21-13(2)20(14(3)23-21)18(25)10-8-17-9-11-19(30-17)15-6-5-7-16(12-15)24(27)28/h5-12,23H,4H2,1-3H3/b10-8+. The van der Waals surface area contributed by atoms with E-state index >= 15 is 0 Å². The number of esters is 1. The molecule has 0 bridgehead atoms. The molecule has 0 fully saturated rings. The Hall–Kier alpha value is -3.94. The molecule has 0 aliphatic heterocycles. The molecular formula is C22H20N2O6. The number of carbonyl (C=O) groups excluding carboxylic acids is 2. The monoisotopic (exact) mass is 408 g/mol. The number of non-ortho nitro benzene ring substituents is 1. The molecule has 1 aromatic carbocycles. The van der Waals surface area contributed by atoms with Gasteiger partial charge in [-0.2, -0.15) is 0 Å². The third kappa shape index (κ3) is 4.22. The van der Waals surface area contributed by atoms with Crippen molar-refractivity contribution in [1.82, 2.24) is 4.98 Å². The molecule has 0 radical (unpaired) electrons. The van der Waals surface area contributed by atoms with Crippen molar-refractivity contribution in [2.24, 2.45) is 0 Å². The first-order valence-electron chi connectivity index (χ1n) is 9.25. The average Bonchev–Trinajstić information content (AvgIpc) is 3.31. The first-order valence-corrected chi connectivity index (χ1v) is 9.25. The van der Waals surface area contributed by atoms with Crippen LogP contribution in [0.2, 0.25) is 0 Å². The fourth-order valence-corrected chi connectivity index (χ4v) is 3.14. The summed E-state index contributed by atoms with van der Waals surface area (Å²) in [6.45, 7) is 5.35. The van der Waals surface area contributed by atoms with Gasteiger partial charge in [-0.25, -0.2) is 4.79 Å². The molecule has 0 aliphatic carbocycles. The molecule has 1 N–H and O–H groups in total. The molecule has 0 atom stereocenters. The van der Waals surface area contributed by atoms with Gasteiger partial charge in [0.05, 0.1) is 11.5 Å². The Morgan fingerprint density at radius 1 is 1.23 bits per heavy atom. The van der Waals surface area contributed by atoms with Gasteiger partial charge in [-0.3, -0.25) is 14.9 Å². The fraction of sp³-hybridized carbons (Fsp3) is 0.182. The summed E-state index contributed by atoms with van der Waals surface area (Å²) >= 11 is 0. The molecule has 30 heavy (non-hydrogen) atoms. The number of aryl methyl sites for hydroxylation is 1. The summed E-state index contributed by atoms with van der Waals surface area (Å²) in [5, 5.41) is 10.9. The van der Waals surface area contributed by atoms with Crippen LogP contribution in [-0.2, 0) is 4.74 Å². The van der Waals surface area contributed by atoms with Gasteiger partial charge < -0.3 is 14.1 Å². The fourth-order valence-electron chi connectivity index (χ4n) is 3.14. The van der Waals surface area contributed by atoms with E-state index in [1.165, 1.54) is 24.3 Å². The van der Waals surface area contributed by atoms with Gasteiger partial charge in [0.2, 0.25) is 0 Å². The topological polar surface area (TPSA) is 115 Å². The van der Waals surface area contributed by atoms with E-state index in [0.29, 0.717) is 33.9 Å². The summed E-state index contributed by atoms with van der Waals surface area (Å²) < 4.78 is 10.7. The number of benzene rings is 1. The number of aromatic amines is 1. The van der Waals surface area contributed by atoms with E-state index < -0.39 is 10.9 Å². The summed E-state index contributed by atoms with van der Waals surface area (Å²) in [7, 11) is 0. The van der Waals surface area contributed by atoms with Gasteiger partial charge in [0.1, 0.15) is 17.2 Å². The lowest BCUT2D eigenvalue weighted by atomic mass is 10.1. The number of ketones is 1. The number of nitrogens with zero attached hydrogens (tertiary/aromatic N) is 1. The second kappa shape index (κ2) is 8.60. The van der Waals surface area contributed by atoms with Crippen LogP contribution in [0.25, 0.3) is 17.4 Å². The van der Waals surface area contributed by atoms with Crippen molar-refractivity contribution in [2.75, 3.05) is 6.61 Å². The van der Waals surface area contributed by atoms with Crippen molar-refractivity contribution in [3.63, 3.8) is 0 Å². The molecule has 2 aromatic heterocycles. The zero-order valence-corrected chi connectivity index (χ0v) is 16.7. The van der Waals surface area contributed by atoms with Gasteiger partial charge in [0.15, 0.2) is 5.78 Å². The van der Waals surface area contributed by atoms with Gasteiger partial charge in [-0.15, -0.1) is 0 Å². The second-order valence-corrected chi connectivity index (χ2v) is 6.55. The number of aromatic nitrogens is 1. The van der Waals surface area contributed by atoms with E-state index in [0.717, 1.165) is 0 Å². The van der Waals surface area contributed by atoms with E-state index in [1.807, 2.05) is 0 Å². The number of hydrogen-bond acceptors (Lipinski definition) is 6. The molecule has 0 unspecified atom stereocenters. The van der Waals surface area contributed by atoms with Gasteiger partial charge in [0, 0.05) is 29.0 Å². The van der Waals surface area contributed by atoms with Crippen LogP contribution in [0.1, 0.15) is 44.8 Å². The SMILES string of the molecule is CCOC(=O)c1[nH]c(C)c(C(=O)/C=C/c2ccc(-c3cccc([N+](=O)[O-])c3)o2)c1C. The quantitative estimate of drug-likeness (QED) is 0.196. The Labute approximate surface area is 172 Å². The normalized spacial score (nSPS) is 11.0. The third-order valence-corrected chi connectivity index (χ3v) is 4.53. The summed E-state index contributed by atoms with van der Waals surface area (Å²) in [6.07, 6.45) is 2.87. The van der Waals surface area contributed by atoms with Crippen molar-refractivity contribution in [2.45, 2.75) is 20.8 Å². The summed E-state index contributed by atoms with van der Waals surface area (Å²) in [4.78, 5) is 38.0. The maximum atomic E-state index is 12.7. The van der Waals surface area contributed by atoms with Crippen molar-refractivity contribution in [1.29, 1.82) is 0 Å². The van der Waals surface area contributed by atoms with Gasteiger partial charge >= 0.3 is 5.97 Å². The molecule has 8 heteroatoms. The van der Waals surface area contributed by atoms with Gasteiger partial charge in [0.25, 0.3) is 5.69 Å². The van der Waals surface area contributed by atoms with Crippen LogP contribution in [-0.4, -0.2) is 28.3 Å². The number of rotatable bonds is 7. The largest absolute Gasteiger partial charge is 0.461 e. The minimum atomic E-state index is -0.506. The van der Waals surface area contributed by atoms with Gasteiger partial charge in [-0.05, 0) is 50.6 Å². The lowest BCUT2D eigenvalue weighted by Gasteiger charge is -2.00. The average molecular weight is 408 g/mol. The summed E-state index contributed by atoms with van der Waals surface area (Å²) in [6, 6.07) is 9.44. The van der Waals surface area contributed by atoms with Crippen LogP contribution in [0.15, 0.2) is 46.9 Å². The minimum Gasteiger partial charge on any atom is -0.461 e. The lowest BCUT2D eigenvalue weighted by Crippen LogP contribution is -2.07. The first kappa shape index (κ1) is 20.8. The minimum absolute atomic E-state index is 0.0352. The molecule has 0 spiro atoms. The number of nitro groups is 1. The number of H-pyrrole nitrogens is 1. The molecule has 3 rings (SSSR count). The summed E-state index contributed by atoms with van der Waals surface area (Å²) in [5.41, 5.74) is 2.29. The number of nitrogens with one attached hydrogen (secondary N) is 1. The molecule has 0 saturated heterocycles. The van der Waals surface area contributed by atoms with E-state index in [2.05, 4.69) is 4.98 Å². The Balaban J connectivity index is 1.81. The third-order valence-electron chi connectivity index (χ3n) is 4.53. The van der Waals surface area contributed by atoms with Crippen LogP contribution in [0.3, 0.4) is 0 Å². The Kier molecular flexibility index (Phi) is 5.96. The molecule has 154 valence electrons. The Morgan fingerprint density at radius 2 is 2.00 bits per heavy atom. The molecule has 3 aromatic rings. The highest BCUT2D eigenvalue weighted by Crippen LogP contribution is 2.26. The lowest BCUT2D eigenvalue weighted by molar-refractivity contribution is -0.384. The predicted molar refractivity (Wildman–Crippen MR) is 110 cm³/mol. The van der Waals surface area contributed by atoms with Crippen molar-refractivity contribution in [3.05, 3.63) is 80.9 Å².